The highest BCUT2D eigenvalue weighted by atomic mass is 16.1. The fourth-order valence-corrected chi connectivity index (χ4v) is 2.68. The van der Waals surface area contributed by atoms with E-state index >= 15 is 0 Å². The maximum Gasteiger partial charge on any atom is 0.348 e. The molecule has 2 aromatic carbocycles. The lowest BCUT2D eigenvalue weighted by atomic mass is 10.0. The Balaban J connectivity index is 2.44. The Kier molecular flexibility index (Phi) is 3.34. The second-order valence-corrected chi connectivity index (χ2v) is 5.59. The van der Waals surface area contributed by atoms with Crippen molar-refractivity contribution < 1.29 is 0 Å². The molecule has 0 aliphatic heterocycles. The van der Waals surface area contributed by atoms with E-state index in [1.54, 1.807) is 4.57 Å². The van der Waals surface area contributed by atoms with E-state index in [9.17, 15) is 4.79 Å². The molecule has 3 heteroatoms. The van der Waals surface area contributed by atoms with E-state index in [2.05, 4.69) is 18.0 Å². The van der Waals surface area contributed by atoms with E-state index in [0.29, 0.717) is 0 Å². The lowest BCUT2D eigenvalue weighted by Crippen LogP contribution is -2.25. The Morgan fingerprint density at radius 2 is 1.76 bits per heavy atom. The first-order chi connectivity index (χ1) is 10.1. The standard InChI is InChI=1S/C18H18N2O/c1-12(2)20-16-10-9-13(3)11-15(16)17(19-18(20)21)14-7-5-4-6-8-14/h4-12H,1-3H3. The van der Waals surface area contributed by atoms with Gasteiger partial charge in [0.05, 0.1) is 11.2 Å². The topological polar surface area (TPSA) is 34.9 Å². The van der Waals surface area contributed by atoms with Gasteiger partial charge in [-0.3, -0.25) is 4.57 Å². The summed E-state index contributed by atoms with van der Waals surface area (Å²) < 4.78 is 1.75. The van der Waals surface area contributed by atoms with Gasteiger partial charge in [-0.2, -0.15) is 4.98 Å². The van der Waals surface area contributed by atoms with Crippen LogP contribution >= 0.6 is 0 Å². The minimum absolute atomic E-state index is 0.0834. The molecular weight excluding hydrogens is 260 g/mol. The molecule has 0 atom stereocenters. The van der Waals surface area contributed by atoms with Gasteiger partial charge in [0.25, 0.3) is 0 Å². The zero-order chi connectivity index (χ0) is 15.0. The van der Waals surface area contributed by atoms with Crippen molar-refractivity contribution in [2.75, 3.05) is 0 Å². The van der Waals surface area contributed by atoms with E-state index in [4.69, 9.17) is 0 Å². The van der Waals surface area contributed by atoms with Crippen LogP contribution < -0.4 is 5.69 Å². The molecule has 0 aliphatic rings. The van der Waals surface area contributed by atoms with E-state index in [1.807, 2.05) is 56.3 Å². The summed E-state index contributed by atoms with van der Waals surface area (Å²) in [5, 5.41) is 1.02. The minimum atomic E-state index is -0.194. The lowest BCUT2D eigenvalue weighted by Gasteiger charge is -2.16. The number of aryl methyl sites for hydroxylation is 1. The first kappa shape index (κ1) is 13.6. The molecule has 3 aromatic rings. The van der Waals surface area contributed by atoms with Gasteiger partial charge in [-0.05, 0) is 32.9 Å². The second-order valence-electron chi connectivity index (χ2n) is 5.59. The smallest absolute Gasteiger partial charge is 0.289 e. The summed E-state index contributed by atoms with van der Waals surface area (Å²) in [5.41, 5.74) is 3.64. The first-order valence-corrected chi connectivity index (χ1v) is 7.16. The van der Waals surface area contributed by atoms with Gasteiger partial charge < -0.3 is 0 Å². The Hall–Kier alpha value is -2.42. The summed E-state index contributed by atoms with van der Waals surface area (Å²) in [6, 6.07) is 16.1. The van der Waals surface area contributed by atoms with Gasteiger partial charge in [0.15, 0.2) is 0 Å². The number of fused-ring (bicyclic) bond motifs is 1. The fraction of sp³-hybridized carbons (Fsp3) is 0.222. The van der Waals surface area contributed by atoms with Gasteiger partial charge in [-0.25, -0.2) is 4.79 Å². The third-order valence-electron chi connectivity index (χ3n) is 3.64. The third kappa shape index (κ3) is 2.35. The normalized spacial score (nSPS) is 11.2. The summed E-state index contributed by atoms with van der Waals surface area (Å²) in [6.07, 6.45) is 0. The van der Waals surface area contributed by atoms with Crippen LogP contribution in [-0.4, -0.2) is 9.55 Å². The molecule has 3 nitrogen and oxygen atoms in total. The monoisotopic (exact) mass is 278 g/mol. The molecule has 0 fully saturated rings. The number of hydrogen-bond donors (Lipinski definition) is 0. The third-order valence-corrected chi connectivity index (χ3v) is 3.64. The predicted molar refractivity (Wildman–Crippen MR) is 86.6 cm³/mol. The summed E-state index contributed by atoms with van der Waals surface area (Å²) in [6.45, 7) is 6.06. The highest BCUT2D eigenvalue weighted by Crippen LogP contribution is 2.27. The highest BCUT2D eigenvalue weighted by Gasteiger charge is 2.13. The van der Waals surface area contributed by atoms with Gasteiger partial charge in [0.1, 0.15) is 0 Å². The first-order valence-electron chi connectivity index (χ1n) is 7.16. The number of benzene rings is 2. The number of rotatable bonds is 2. The highest BCUT2D eigenvalue weighted by molar-refractivity contribution is 5.92. The van der Waals surface area contributed by atoms with Crippen molar-refractivity contribution in [3.63, 3.8) is 0 Å². The van der Waals surface area contributed by atoms with Crippen molar-refractivity contribution in [3.8, 4) is 11.3 Å². The Morgan fingerprint density at radius 1 is 1.05 bits per heavy atom. The number of hydrogen-bond acceptors (Lipinski definition) is 2. The van der Waals surface area contributed by atoms with Gasteiger partial charge in [0, 0.05) is 17.0 Å². The van der Waals surface area contributed by atoms with E-state index in [-0.39, 0.29) is 11.7 Å². The predicted octanol–water partition coefficient (Wildman–Crippen LogP) is 3.95. The van der Waals surface area contributed by atoms with Crippen molar-refractivity contribution in [2.45, 2.75) is 26.8 Å². The zero-order valence-electron chi connectivity index (χ0n) is 12.5. The molecule has 0 bridgehead atoms. The summed E-state index contributed by atoms with van der Waals surface area (Å²) >= 11 is 0. The van der Waals surface area contributed by atoms with Crippen molar-refractivity contribution >= 4 is 10.9 Å². The summed E-state index contributed by atoms with van der Waals surface area (Å²) in [7, 11) is 0. The molecule has 1 heterocycles. The average molecular weight is 278 g/mol. The van der Waals surface area contributed by atoms with Crippen LogP contribution in [0.4, 0.5) is 0 Å². The van der Waals surface area contributed by atoms with Crippen LogP contribution in [0.2, 0.25) is 0 Å². The Bertz CT molecular complexity index is 848. The lowest BCUT2D eigenvalue weighted by molar-refractivity contribution is 0.587. The molecule has 0 spiro atoms. The second kappa shape index (κ2) is 5.17. The van der Waals surface area contributed by atoms with Gasteiger partial charge >= 0.3 is 5.69 Å². The molecule has 0 unspecified atom stereocenters. The number of nitrogens with zero attached hydrogens (tertiary/aromatic N) is 2. The largest absolute Gasteiger partial charge is 0.348 e. The molecule has 3 rings (SSSR count). The Labute approximate surface area is 123 Å². The zero-order valence-corrected chi connectivity index (χ0v) is 12.5. The van der Waals surface area contributed by atoms with Crippen LogP contribution in [-0.2, 0) is 0 Å². The van der Waals surface area contributed by atoms with Crippen LogP contribution in [0.5, 0.6) is 0 Å². The summed E-state index contributed by atoms with van der Waals surface area (Å²) in [5.74, 6) is 0. The van der Waals surface area contributed by atoms with E-state index < -0.39 is 0 Å². The average Bonchev–Trinajstić information content (AvgIpc) is 2.47. The van der Waals surface area contributed by atoms with Gasteiger partial charge in [-0.15, -0.1) is 0 Å². The van der Waals surface area contributed by atoms with Crippen molar-refractivity contribution in [2.24, 2.45) is 0 Å². The van der Waals surface area contributed by atoms with Crippen LogP contribution in [0.3, 0.4) is 0 Å². The van der Waals surface area contributed by atoms with Crippen LogP contribution in [0.1, 0.15) is 25.5 Å². The van der Waals surface area contributed by atoms with Crippen LogP contribution in [0, 0.1) is 6.92 Å². The van der Waals surface area contributed by atoms with Crippen molar-refractivity contribution in [1.82, 2.24) is 9.55 Å². The molecule has 21 heavy (non-hydrogen) atoms. The van der Waals surface area contributed by atoms with Gasteiger partial charge in [0.2, 0.25) is 0 Å². The number of aromatic nitrogens is 2. The van der Waals surface area contributed by atoms with E-state index in [0.717, 1.165) is 27.7 Å². The SMILES string of the molecule is Cc1ccc2c(c1)c(-c1ccccc1)nc(=O)n2C(C)C. The maximum atomic E-state index is 12.4. The fourth-order valence-electron chi connectivity index (χ4n) is 2.68. The molecule has 1 aromatic heterocycles. The molecule has 0 N–H and O–H groups in total. The molecule has 0 amide bonds. The van der Waals surface area contributed by atoms with Crippen molar-refractivity contribution in [1.29, 1.82) is 0 Å². The van der Waals surface area contributed by atoms with Crippen LogP contribution in [0.15, 0.2) is 53.3 Å². The van der Waals surface area contributed by atoms with Crippen molar-refractivity contribution in [3.05, 3.63) is 64.6 Å². The van der Waals surface area contributed by atoms with Gasteiger partial charge in [-0.1, -0.05) is 42.0 Å². The molecular formula is C18H18N2O. The molecule has 0 saturated heterocycles. The van der Waals surface area contributed by atoms with Crippen LogP contribution in [0.25, 0.3) is 22.2 Å². The molecule has 0 radical (unpaired) electrons. The quantitative estimate of drug-likeness (QED) is 0.711. The summed E-state index contributed by atoms with van der Waals surface area (Å²) in [4.78, 5) is 16.7. The maximum absolute atomic E-state index is 12.4. The molecule has 0 saturated carbocycles. The molecule has 0 aliphatic carbocycles. The molecule has 106 valence electrons. The van der Waals surface area contributed by atoms with E-state index in [1.165, 1.54) is 0 Å². The Morgan fingerprint density at radius 3 is 2.43 bits per heavy atom. The minimum Gasteiger partial charge on any atom is -0.289 e.